The maximum atomic E-state index is 13.8. The molecule has 2 N–H and O–H groups in total. The molecule has 1 atom stereocenters. The lowest BCUT2D eigenvalue weighted by atomic mass is 9.94. The molecule has 0 aliphatic heterocycles. The van der Waals surface area contributed by atoms with Gasteiger partial charge in [-0.1, -0.05) is 50.5 Å². The molecule has 0 radical (unpaired) electrons. The SMILES string of the molecule is CCc1ccccc1N(C(=O)CNC(=O)c1ccco1)C(C(=O)NC1CCCCC1)c1cccnc1. The molecule has 1 unspecified atom stereocenters. The van der Waals surface area contributed by atoms with Gasteiger partial charge in [0.1, 0.15) is 6.04 Å². The minimum atomic E-state index is -0.943. The van der Waals surface area contributed by atoms with Gasteiger partial charge < -0.3 is 15.1 Å². The van der Waals surface area contributed by atoms with Crippen molar-refractivity contribution in [1.82, 2.24) is 15.6 Å². The van der Waals surface area contributed by atoms with Gasteiger partial charge in [-0.05, 0) is 49.1 Å². The van der Waals surface area contributed by atoms with Crippen LogP contribution in [0.2, 0.25) is 0 Å². The second-order valence-electron chi connectivity index (χ2n) is 8.94. The third-order valence-electron chi connectivity index (χ3n) is 6.50. The number of benzene rings is 1. The molecule has 3 amide bonds. The predicted molar refractivity (Wildman–Crippen MR) is 136 cm³/mol. The van der Waals surface area contributed by atoms with Crippen LogP contribution in [0.5, 0.6) is 0 Å². The van der Waals surface area contributed by atoms with Crippen LogP contribution in [0.25, 0.3) is 0 Å². The number of carbonyl (C=O) groups is 3. The highest BCUT2D eigenvalue weighted by molar-refractivity contribution is 6.04. The molecule has 1 aliphatic carbocycles. The van der Waals surface area contributed by atoms with Crippen LogP contribution in [-0.4, -0.2) is 35.3 Å². The number of pyridine rings is 1. The number of carbonyl (C=O) groups excluding carboxylic acids is 3. The van der Waals surface area contributed by atoms with Crippen LogP contribution in [0, 0.1) is 0 Å². The predicted octanol–water partition coefficient (Wildman–Crippen LogP) is 4.19. The van der Waals surface area contributed by atoms with Crippen molar-refractivity contribution in [3.8, 4) is 0 Å². The number of furan rings is 1. The van der Waals surface area contributed by atoms with E-state index in [9.17, 15) is 14.4 Å². The molecule has 2 heterocycles. The summed E-state index contributed by atoms with van der Waals surface area (Å²) in [5.74, 6) is -1.06. The second-order valence-corrected chi connectivity index (χ2v) is 8.94. The van der Waals surface area contributed by atoms with Gasteiger partial charge in [-0.15, -0.1) is 0 Å². The van der Waals surface area contributed by atoms with Crippen LogP contribution in [0.4, 0.5) is 5.69 Å². The lowest BCUT2D eigenvalue weighted by Crippen LogP contribution is -2.50. The van der Waals surface area contributed by atoms with Crippen molar-refractivity contribution in [2.75, 3.05) is 11.4 Å². The molecule has 36 heavy (non-hydrogen) atoms. The molecule has 3 aromatic rings. The summed E-state index contributed by atoms with van der Waals surface area (Å²) >= 11 is 0. The van der Waals surface area contributed by atoms with E-state index in [0.29, 0.717) is 17.7 Å². The molecule has 4 rings (SSSR count). The van der Waals surface area contributed by atoms with E-state index in [4.69, 9.17) is 4.42 Å². The Bertz CT molecular complexity index is 1160. The van der Waals surface area contributed by atoms with Crippen molar-refractivity contribution >= 4 is 23.4 Å². The zero-order valence-corrected chi connectivity index (χ0v) is 20.5. The van der Waals surface area contributed by atoms with Crippen LogP contribution in [-0.2, 0) is 16.0 Å². The van der Waals surface area contributed by atoms with Crippen LogP contribution in [0.15, 0.2) is 71.6 Å². The van der Waals surface area contributed by atoms with E-state index < -0.39 is 17.9 Å². The van der Waals surface area contributed by atoms with Gasteiger partial charge in [0.05, 0.1) is 12.8 Å². The molecule has 1 aromatic carbocycles. The number of amides is 3. The number of aryl methyl sites for hydroxylation is 1. The minimum absolute atomic E-state index is 0.0717. The van der Waals surface area contributed by atoms with Gasteiger partial charge in [0.25, 0.3) is 5.91 Å². The number of hydrogen-bond acceptors (Lipinski definition) is 5. The Morgan fingerprint density at radius 3 is 2.56 bits per heavy atom. The summed E-state index contributed by atoms with van der Waals surface area (Å²) in [5.41, 5.74) is 2.15. The maximum Gasteiger partial charge on any atom is 0.287 e. The smallest absolute Gasteiger partial charge is 0.287 e. The first kappa shape index (κ1) is 25.2. The van der Waals surface area contributed by atoms with Gasteiger partial charge in [0.15, 0.2) is 5.76 Å². The fraction of sp³-hybridized carbons (Fsp3) is 0.357. The molecule has 0 bridgehead atoms. The Morgan fingerprint density at radius 2 is 1.86 bits per heavy atom. The molecular formula is C28H32N4O4. The first-order valence-electron chi connectivity index (χ1n) is 12.5. The molecule has 0 saturated heterocycles. The van der Waals surface area contributed by atoms with Crippen molar-refractivity contribution in [3.05, 3.63) is 84.1 Å². The summed E-state index contributed by atoms with van der Waals surface area (Å²) in [7, 11) is 0. The van der Waals surface area contributed by atoms with E-state index >= 15 is 0 Å². The van der Waals surface area contributed by atoms with Gasteiger partial charge in [-0.3, -0.25) is 24.3 Å². The van der Waals surface area contributed by atoms with Gasteiger partial charge in [0.2, 0.25) is 11.8 Å². The summed E-state index contributed by atoms with van der Waals surface area (Å²) in [4.78, 5) is 45.8. The van der Waals surface area contributed by atoms with E-state index in [1.807, 2.05) is 31.2 Å². The highest BCUT2D eigenvalue weighted by Gasteiger charge is 2.35. The summed E-state index contributed by atoms with van der Waals surface area (Å²) in [6.45, 7) is 1.70. The summed E-state index contributed by atoms with van der Waals surface area (Å²) < 4.78 is 5.14. The highest BCUT2D eigenvalue weighted by atomic mass is 16.3. The van der Waals surface area contributed by atoms with Crippen molar-refractivity contribution in [2.24, 2.45) is 0 Å². The van der Waals surface area contributed by atoms with E-state index in [1.165, 1.54) is 23.7 Å². The summed E-state index contributed by atoms with van der Waals surface area (Å²) in [6.07, 6.45) is 10.5. The topological polar surface area (TPSA) is 105 Å². The monoisotopic (exact) mass is 488 g/mol. The number of aromatic nitrogens is 1. The van der Waals surface area contributed by atoms with Crippen molar-refractivity contribution in [2.45, 2.75) is 57.5 Å². The third-order valence-corrected chi connectivity index (χ3v) is 6.50. The molecule has 1 fully saturated rings. The minimum Gasteiger partial charge on any atom is -0.459 e. The van der Waals surface area contributed by atoms with Crippen LogP contribution in [0.3, 0.4) is 0 Å². The molecular weight excluding hydrogens is 456 g/mol. The van der Waals surface area contributed by atoms with E-state index in [0.717, 1.165) is 31.2 Å². The lowest BCUT2D eigenvalue weighted by Gasteiger charge is -2.34. The van der Waals surface area contributed by atoms with Gasteiger partial charge >= 0.3 is 0 Å². The Morgan fingerprint density at radius 1 is 1.06 bits per heavy atom. The van der Waals surface area contributed by atoms with E-state index in [2.05, 4.69) is 15.6 Å². The fourth-order valence-electron chi connectivity index (χ4n) is 4.68. The zero-order chi connectivity index (χ0) is 25.3. The normalized spacial score (nSPS) is 14.6. The van der Waals surface area contributed by atoms with Gasteiger partial charge in [-0.2, -0.15) is 0 Å². The Balaban J connectivity index is 1.69. The van der Waals surface area contributed by atoms with Crippen LogP contribution in [0.1, 0.15) is 66.8 Å². The number of hydrogen-bond donors (Lipinski definition) is 2. The quantitative estimate of drug-likeness (QED) is 0.470. The molecule has 1 aliphatic rings. The van der Waals surface area contributed by atoms with Gasteiger partial charge in [0, 0.05) is 29.7 Å². The zero-order valence-electron chi connectivity index (χ0n) is 20.5. The fourth-order valence-corrected chi connectivity index (χ4v) is 4.68. The largest absolute Gasteiger partial charge is 0.459 e. The summed E-state index contributed by atoms with van der Waals surface area (Å²) in [5, 5.41) is 5.81. The molecule has 1 saturated carbocycles. The number of nitrogens with zero attached hydrogens (tertiary/aromatic N) is 2. The molecule has 2 aromatic heterocycles. The summed E-state index contributed by atoms with van der Waals surface area (Å²) in [6, 6.07) is 13.3. The number of nitrogens with one attached hydrogen (secondary N) is 2. The average Bonchev–Trinajstić information content (AvgIpc) is 3.46. The molecule has 8 heteroatoms. The highest BCUT2D eigenvalue weighted by Crippen LogP contribution is 2.31. The second kappa shape index (κ2) is 12.2. The standard InChI is InChI=1S/C28H32N4O4/c1-2-20-10-6-7-14-23(20)32(25(33)19-30-27(34)24-15-9-17-36-24)26(21-11-8-16-29-18-21)28(35)31-22-12-4-3-5-13-22/h6-11,14-18,22,26H,2-5,12-13,19H2,1H3,(H,30,34)(H,31,35). The number of rotatable bonds is 9. The van der Waals surface area contributed by atoms with E-state index in [1.54, 1.807) is 30.6 Å². The maximum absolute atomic E-state index is 13.8. The van der Waals surface area contributed by atoms with Crippen molar-refractivity contribution < 1.29 is 18.8 Å². The lowest BCUT2D eigenvalue weighted by molar-refractivity contribution is -0.127. The van der Waals surface area contributed by atoms with Gasteiger partial charge in [-0.25, -0.2) is 0 Å². The van der Waals surface area contributed by atoms with Crippen LogP contribution < -0.4 is 15.5 Å². The van der Waals surface area contributed by atoms with Crippen molar-refractivity contribution in [1.29, 1.82) is 0 Å². The molecule has 0 spiro atoms. The first-order chi connectivity index (χ1) is 17.6. The Hall–Kier alpha value is -3.94. The first-order valence-corrected chi connectivity index (χ1v) is 12.5. The Labute approximate surface area is 211 Å². The average molecular weight is 489 g/mol. The third kappa shape index (κ3) is 6.00. The van der Waals surface area contributed by atoms with Crippen molar-refractivity contribution in [3.63, 3.8) is 0 Å². The molecule has 8 nitrogen and oxygen atoms in total. The Kier molecular flexibility index (Phi) is 8.49. The molecule has 188 valence electrons. The number of para-hydroxylation sites is 1. The van der Waals surface area contributed by atoms with E-state index in [-0.39, 0.29) is 24.3 Å². The van der Waals surface area contributed by atoms with Crippen LogP contribution >= 0.6 is 0 Å². The number of anilines is 1.